The van der Waals surface area contributed by atoms with Gasteiger partial charge in [-0.2, -0.15) is 0 Å². The van der Waals surface area contributed by atoms with E-state index in [2.05, 4.69) is 47.6 Å². The molecule has 5 heteroatoms. The first-order valence-electron chi connectivity index (χ1n) is 9.78. The van der Waals surface area contributed by atoms with Gasteiger partial charge in [0.25, 0.3) is 0 Å². The monoisotopic (exact) mass is 382 g/mol. The van der Waals surface area contributed by atoms with Gasteiger partial charge in [0.1, 0.15) is 5.60 Å². The number of anilines is 1. The van der Waals surface area contributed by atoms with Crippen molar-refractivity contribution >= 4 is 11.8 Å². The second-order valence-corrected chi connectivity index (χ2v) is 8.21. The van der Waals surface area contributed by atoms with Crippen LogP contribution in [0.1, 0.15) is 43.6 Å². The van der Waals surface area contributed by atoms with E-state index in [1.54, 1.807) is 0 Å². The second kappa shape index (κ2) is 8.65. The van der Waals surface area contributed by atoms with E-state index in [0.717, 1.165) is 18.5 Å². The van der Waals surface area contributed by atoms with Gasteiger partial charge in [0.15, 0.2) is 0 Å². The molecule has 1 N–H and O–H groups in total. The first kappa shape index (κ1) is 20.2. The zero-order valence-electron chi connectivity index (χ0n) is 17.2. The molecule has 1 atom stereocenters. The SMILES string of the molecule is CN1CCOC(c2ccccc2)Cc2cc(CNC(=O)OC(C)(C)C)ccc21. The van der Waals surface area contributed by atoms with Crippen molar-refractivity contribution in [2.24, 2.45) is 0 Å². The van der Waals surface area contributed by atoms with Crippen molar-refractivity contribution in [3.8, 4) is 0 Å². The molecule has 28 heavy (non-hydrogen) atoms. The maximum Gasteiger partial charge on any atom is 0.407 e. The van der Waals surface area contributed by atoms with E-state index < -0.39 is 11.7 Å². The first-order chi connectivity index (χ1) is 13.3. The minimum absolute atomic E-state index is 0.0303. The van der Waals surface area contributed by atoms with E-state index in [-0.39, 0.29) is 6.10 Å². The summed E-state index contributed by atoms with van der Waals surface area (Å²) in [5.41, 5.74) is 4.17. The Morgan fingerprint density at radius 3 is 2.68 bits per heavy atom. The molecule has 150 valence electrons. The lowest BCUT2D eigenvalue weighted by Crippen LogP contribution is -2.32. The molecule has 0 aromatic heterocycles. The highest BCUT2D eigenvalue weighted by molar-refractivity contribution is 5.67. The minimum Gasteiger partial charge on any atom is -0.444 e. The molecule has 0 saturated heterocycles. The van der Waals surface area contributed by atoms with Crippen LogP contribution in [0.2, 0.25) is 0 Å². The fraction of sp³-hybridized carbons (Fsp3) is 0.435. The molecule has 0 radical (unpaired) electrons. The van der Waals surface area contributed by atoms with Gasteiger partial charge in [0, 0.05) is 32.2 Å². The van der Waals surface area contributed by atoms with Gasteiger partial charge in [-0.3, -0.25) is 0 Å². The van der Waals surface area contributed by atoms with Gasteiger partial charge in [-0.15, -0.1) is 0 Å². The molecule has 5 nitrogen and oxygen atoms in total. The lowest BCUT2D eigenvalue weighted by molar-refractivity contribution is 0.0522. The molecule has 1 amide bonds. The van der Waals surface area contributed by atoms with Crippen LogP contribution in [0.15, 0.2) is 48.5 Å². The van der Waals surface area contributed by atoms with Gasteiger partial charge < -0.3 is 19.7 Å². The largest absolute Gasteiger partial charge is 0.444 e. The fourth-order valence-electron chi connectivity index (χ4n) is 3.37. The molecule has 0 bridgehead atoms. The molecule has 1 heterocycles. The Balaban J connectivity index is 1.77. The van der Waals surface area contributed by atoms with Crippen molar-refractivity contribution in [1.29, 1.82) is 0 Å². The number of likely N-dealkylation sites (N-methyl/N-ethyl adjacent to an activating group) is 1. The number of benzene rings is 2. The average Bonchev–Trinajstić information content (AvgIpc) is 2.63. The maximum atomic E-state index is 11.9. The summed E-state index contributed by atoms with van der Waals surface area (Å²) in [4.78, 5) is 14.2. The number of amides is 1. The summed E-state index contributed by atoms with van der Waals surface area (Å²) in [7, 11) is 2.09. The molecule has 2 aromatic carbocycles. The van der Waals surface area contributed by atoms with Crippen molar-refractivity contribution in [2.45, 2.75) is 45.4 Å². The Morgan fingerprint density at radius 2 is 1.96 bits per heavy atom. The number of carbonyl (C=O) groups is 1. The number of carbonyl (C=O) groups excluding carboxylic acids is 1. The Labute approximate surface area is 167 Å². The van der Waals surface area contributed by atoms with Crippen LogP contribution < -0.4 is 10.2 Å². The molecule has 0 fully saturated rings. The van der Waals surface area contributed by atoms with Crippen LogP contribution in [-0.2, 0) is 22.4 Å². The standard InChI is InChI=1S/C23H30N2O3/c1-23(2,3)28-22(26)24-16-17-10-11-20-19(14-17)15-21(27-13-12-25(20)4)18-8-6-5-7-9-18/h5-11,14,21H,12-13,15-16H2,1-4H3,(H,24,26). The summed E-state index contributed by atoms with van der Waals surface area (Å²) in [6.45, 7) is 7.54. The number of hydrogen-bond donors (Lipinski definition) is 1. The van der Waals surface area contributed by atoms with E-state index in [1.807, 2.05) is 39.0 Å². The third-order valence-corrected chi connectivity index (χ3v) is 4.71. The zero-order valence-corrected chi connectivity index (χ0v) is 17.2. The van der Waals surface area contributed by atoms with Crippen molar-refractivity contribution in [3.63, 3.8) is 0 Å². The van der Waals surface area contributed by atoms with Crippen LogP contribution >= 0.6 is 0 Å². The van der Waals surface area contributed by atoms with Crippen LogP contribution in [0.25, 0.3) is 0 Å². The Morgan fingerprint density at radius 1 is 1.21 bits per heavy atom. The van der Waals surface area contributed by atoms with Crippen LogP contribution in [0.3, 0.4) is 0 Å². The highest BCUT2D eigenvalue weighted by Crippen LogP contribution is 2.31. The molecule has 0 aliphatic carbocycles. The Bertz CT molecular complexity index is 799. The van der Waals surface area contributed by atoms with Gasteiger partial charge in [-0.1, -0.05) is 42.5 Å². The number of alkyl carbamates (subject to hydrolysis) is 1. The van der Waals surface area contributed by atoms with Crippen LogP contribution in [0.4, 0.5) is 10.5 Å². The van der Waals surface area contributed by atoms with E-state index in [4.69, 9.17) is 9.47 Å². The lowest BCUT2D eigenvalue weighted by Gasteiger charge is -2.30. The smallest absolute Gasteiger partial charge is 0.407 e. The van der Waals surface area contributed by atoms with Crippen LogP contribution in [0.5, 0.6) is 0 Å². The van der Waals surface area contributed by atoms with Crippen molar-refractivity contribution in [3.05, 3.63) is 65.2 Å². The van der Waals surface area contributed by atoms with Crippen molar-refractivity contribution in [2.75, 3.05) is 25.1 Å². The second-order valence-electron chi connectivity index (χ2n) is 8.21. The molecular formula is C23H30N2O3. The molecule has 0 spiro atoms. The lowest BCUT2D eigenvalue weighted by atomic mass is 9.97. The summed E-state index contributed by atoms with van der Waals surface area (Å²) in [6.07, 6.45) is 0.425. The van der Waals surface area contributed by atoms with Crippen molar-refractivity contribution < 1.29 is 14.3 Å². The normalized spacial score (nSPS) is 17.3. The fourth-order valence-corrected chi connectivity index (χ4v) is 3.37. The van der Waals surface area contributed by atoms with Gasteiger partial charge in [0.2, 0.25) is 0 Å². The molecule has 1 unspecified atom stereocenters. The summed E-state index contributed by atoms with van der Waals surface area (Å²) in [6, 6.07) is 16.7. The third kappa shape index (κ3) is 5.49. The summed E-state index contributed by atoms with van der Waals surface area (Å²) in [5, 5.41) is 2.84. The summed E-state index contributed by atoms with van der Waals surface area (Å²) in [5.74, 6) is 0. The van der Waals surface area contributed by atoms with Gasteiger partial charge in [-0.05, 0) is 43.5 Å². The molecule has 0 saturated carbocycles. The van der Waals surface area contributed by atoms with E-state index in [9.17, 15) is 4.79 Å². The van der Waals surface area contributed by atoms with Crippen molar-refractivity contribution in [1.82, 2.24) is 5.32 Å². The van der Waals surface area contributed by atoms with Crippen LogP contribution in [0, 0.1) is 0 Å². The van der Waals surface area contributed by atoms with E-state index in [1.165, 1.54) is 16.8 Å². The number of fused-ring (bicyclic) bond motifs is 1. The number of rotatable bonds is 3. The highest BCUT2D eigenvalue weighted by atomic mass is 16.6. The number of hydrogen-bond acceptors (Lipinski definition) is 4. The first-order valence-corrected chi connectivity index (χ1v) is 9.78. The maximum absolute atomic E-state index is 11.9. The van der Waals surface area contributed by atoms with Gasteiger partial charge >= 0.3 is 6.09 Å². The Kier molecular flexibility index (Phi) is 6.25. The molecule has 1 aliphatic heterocycles. The zero-order chi connectivity index (χ0) is 20.1. The number of nitrogens with one attached hydrogen (secondary N) is 1. The number of nitrogens with zero attached hydrogens (tertiary/aromatic N) is 1. The van der Waals surface area contributed by atoms with Gasteiger partial charge in [-0.25, -0.2) is 4.79 Å². The van der Waals surface area contributed by atoms with E-state index >= 15 is 0 Å². The molecule has 1 aliphatic rings. The van der Waals surface area contributed by atoms with E-state index in [0.29, 0.717) is 13.2 Å². The predicted molar refractivity (Wildman–Crippen MR) is 112 cm³/mol. The van der Waals surface area contributed by atoms with Crippen LogP contribution in [-0.4, -0.2) is 31.9 Å². The highest BCUT2D eigenvalue weighted by Gasteiger charge is 2.20. The average molecular weight is 383 g/mol. The molecule has 2 aromatic rings. The third-order valence-electron chi connectivity index (χ3n) is 4.71. The number of ether oxygens (including phenoxy) is 2. The summed E-state index contributed by atoms with van der Waals surface area (Å²) >= 11 is 0. The predicted octanol–water partition coefficient (Wildman–Crippen LogP) is 4.46. The Hall–Kier alpha value is -2.53. The molecule has 3 rings (SSSR count). The summed E-state index contributed by atoms with van der Waals surface area (Å²) < 4.78 is 11.5. The van der Waals surface area contributed by atoms with Gasteiger partial charge in [0.05, 0.1) is 12.7 Å². The minimum atomic E-state index is -0.501. The topological polar surface area (TPSA) is 50.8 Å². The molecular weight excluding hydrogens is 352 g/mol. The quantitative estimate of drug-likeness (QED) is 0.851.